The van der Waals surface area contributed by atoms with Gasteiger partial charge in [-0.15, -0.1) is 0 Å². The summed E-state index contributed by atoms with van der Waals surface area (Å²) in [6, 6.07) is 12.2. The van der Waals surface area contributed by atoms with Crippen LogP contribution < -0.4 is 4.90 Å². The van der Waals surface area contributed by atoms with E-state index in [0.717, 1.165) is 15.6 Å². The van der Waals surface area contributed by atoms with Gasteiger partial charge in [-0.1, -0.05) is 12.1 Å². The fraction of sp³-hybridized carbons (Fsp3) is 0.375. The smallest absolute Gasteiger partial charge is 0.256 e. The first-order valence-electron chi connectivity index (χ1n) is 11.3. The number of benzene rings is 2. The van der Waals surface area contributed by atoms with E-state index in [-0.39, 0.29) is 16.8 Å². The van der Waals surface area contributed by atoms with Crippen molar-refractivity contribution >= 4 is 21.6 Å². The van der Waals surface area contributed by atoms with Gasteiger partial charge >= 0.3 is 0 Å². The van der Waals surface area contributed by atoms with Gasteiger partial charge in [0.05, 0.1) is 35.4 Å². The van der Waals surface area contributed by atoms with E-state index in [2.05, 4.69) is 15.0 Å². The second-order valence-electron chi connectivity index (χ2n) is 8.59. The maximum atomic E-state index is 13.8. The summed E-state index contributed by atoms with van der Waals surface area (Å²) >= 11 is 0. The molecule has 1 amide bonds. The zero-order chi connectivity index (χ0) is 25.2. The van der Waals surface area contributed by atoms with Gasteiger partial charge in [-0.25, -0.2) is 22.4 Å². The first-order valence-corrected chi connectivity index (χ1v) is 12.8. The molecule has 10 nitrogen and oxygen atoms in total. The molecule has 11 heteroatoms. The third-order valence-electron chi connectivity index (χ3n) is 6.29. The molecule has 1 fully saturated rings. The number of aromatic nitrogens is 3. The average Bonchev–Trinajstić information content (AvgIpc) is 3.42. The number of amides is 1. The Hall–Kier alpha value is -3.28. The molecule has 1 unspecified atom stereocenters. The zero-order valence-electron chi connectivity index (χ0n) is 20.3. The number of hydrogen-bond acceptors (Lipinski definition) is 7. The summed E-state index contributed by atoms with van der Waals surface area (Å²) in [7, 11) is 0.984. The molecule has 186 valence electrons. The van der Waals surface area contributed by atoms with Crippen LogP contribution in [0.1, 0.15) is 28.9 Å². The van der Waals surface area contributed by atoms with Gasteiger partial charge in [0.15, 0.2) is 0 Å². The van der Waals surface area contributed by atoms with Crippen LogP contribution in [-0.4, -0.2) is 85.7 Å². The molecule has 0 spiro atoms. The Morgan fingerprint density at radius 3 is 2.34 bits per heavy atom. The molecule has 1 atom stereocenters. The van der Waals surface area contributed by atoms with Crippen molar-refractivity contribution in [3.05, 3.63) is 66.2 Å². The molecule has 35 heavy (non-hydrogen) atoms. The number of carbonyl (C=O) groups excluding carboxylic acids is 1. The number of hydrogen-bond donors (Lipinski definition) is 0. The SMILES string of the molecule is CC(c1ccc(-n2cncn2)cc1)N(C)C(=O)c1cc(S(=O)(=O)N(C)C)ccc1N1CCOCC1. The van der Waals surface area contributed by atoms with Crippen LogP contribution in [-0.2, 0) is 14.8 Å². The first kappa shape index (κ1) is 24.8. The Morgan fingerprint density at radius 2 is 1.74 bits per heavy atom. The van der Waals surface area contributed by atoms with Gasteiger partial charge in [-0.2, -0.15) is 5.10 Å². The molecule has 2 heterocycles. The molecule has 0 saturated carbocycles. The summed E-state index contributed by atoms with van der Waals surface area (Å²) in [4.78, 5) is 21.5. The summed E-state index contributed by atoms with van der Waals surface area (Å²) in [5.74, 6) is -0.254. The van der Waals surface area contributed by atoms with Crippen LogP contribution in [0.5, 0.6) is 0 Å². The predicted molar refractivity (Wildman–Crippen MR) is 132 cm³/mol. The second-order valence-corrected chi connectivity index (χ2v) is 10.7. The largest absolute Gasteiger partial charge is 0.378 e. The first-order chi connectivity index (χ1) is 16.7. The highest BCUT2D eigenvalue weighted by Crippen LogP contribution is 2.30. The van der Waals surface area contributed by atoms with Crippen molar-refractivity contribution in [3.8, 4) is 5.69 Å². The molecular formula is C24H30N6O4S. The third-order valence-corrected chi connectivity index (χ3v) is 8.10. The van der Waals surface area contributed by atoms with Crippen LogP contribution in [0.15, 0.2) is 60.0 Å². The van der Waals surface area contributed by atoms with Crippen molar-refractivity contribution in [1.82, 2.24) is 24.0 Å². The van der Waals surface area contributed by atoms with E-state index >= 15 is 0 Å². The number of anilines is 1. The molecule has 1 aromatic heterocycles. The summed E-state index contributed by atoms with van der Waals surface area (Å²) in [5, 5.41) is 4.13. The maximum absolute atomic E-state index is 13.8. The van der Waals surface area contributed by atoms with Gasteiger partial charge in [0, 0.05) is 39.9 Å². The molecule has 0 N–H and O–H groups in total. The minimum Gasteiger partial charge on any atom is -0.378 e. The van der Waals surface area contributed by atoms with Gasteiger partial charge in [0.1, 0.15) is 12.7 Å². The van der Waals surface area contributed by atoms with Crippen LogP contribution in [0, 0.1) is 0 Å². The molecule has 0 aliphatic carbocycles. The Morgan fingerprint density at radius 1 is 1.06 bits per heavy atom. The summed E-state index contributed by atoms with van der Waals surface area (Å²) < 4.78 is 33.9. The van der Waals surface area contributed by atoms with E-state index in [1.165, 1.54) is 26.5 Å². The highest BCUT2D eigenvalue weighted by molar-refractivity contribution is 7.89. The number of ether oxygens (including phenoxy) is 1. The van der Waals surface area contributed by atoms with Gasteiger partial charge in [0.2, 0.25) is 10.0 Å². The zero-order valence-corrected chi connectivity index (χ0v) is 21.1. The lowest BCUT2D eigenvalue weighted by Gasteiger charge is -2.32. The number of rotatable bonds is 7. The Kier molecular flexibility index (Phi) is 7.20. The van der Waals surface area contributed by atoms with E-state index in [0.29, 0.717) is 37.6 Å². The van der Waals surface area contributed by atoms with Crippen molar-refractivity contribution in [2.45, 2.75) is 17.9 Å². The minimum absolute atomic E-state index is 0.0843. The van der Waals surface area contributed by atoms with E-state index in [1.54, 1.807) is 35.1 Å². The van der Waals surface area contributed by atoms with Gasteiger partial charge < -0.3 is 14.5 Å². The van der Waals surface area contributed by atoms with Crippen LogP contribution in [0.3, 0.4) is 0 Å². The molecule has 2 aromatic carbocycles. The minimum atomic E-state index is -3.70. The summed E-state index contributed by atoms with van der Waals surface area (Å²) in [6.45, 7) is 4.30. The summed E-state index contributed by atoms with van der Waals surface area (Å²) in [5.41, 5.74) is 2.86. The Labute approximate surface area is 205 Å². The maximum Gasteiger partial charge on any atom is 0.256 e. The molecular weight excluding hydrogens is 468 g/mol. The molecule has 3 aromatic rings. The lowest BCUT2D eigenvalue weighted by molar-refractivity contribution is 0.0741. The number of carbonyl (C=O) groups is 1. The van der Waals surface area contributed by atoms with Crippen LogP contribution in [0.2, 0.25) is 0 Å². The van der Waals surface area contributed by atoms with Gasteiger partial charge in [-0.3, -0.25) is 4.79 Å². The Balaban J connectivity index is 1.66. The quantitative estimate of drug-likeness (QED) is 0.492. The normalized spacial score (nSPS) is 15.3. The number of sulfonamides is 1. The fourth-order valence-corrected chi connectivity index (χ4v) is 4.90. The molecule has 4 rings (SSSR count). The van der Waals surface area contributed by atoms with Gasteiger partial charge in [0.25, 0.3) is 5.91 Å². The monoisotopic (exact) mass is 498 g/mol. The lowest BCUT2D eigenvalue weighted by Crippen LogP contribution is -2.38. The topological polar surface area (TPSA) is 101 Å². The molecule has 0 bridgehead atoms. The van der Waals surface area contributed by atoms with Crippen molar-refractivity contribution in [2.24, 2.45) is 0 Å². The Bertz CT molecular complexity index is 1270. The average molecular weight is 499 g/mol. The van der Waals surface area contributed by atoms with Gasteiger partial charge in [-0.05, 0) is 42.8 Å². The van der Waals surface area contributed by atoms with Crippen molar-refractivity contribution in [2.75, 3.05) is 52.3 Å². The standard InChI is InChI=1S/C24H30N6O4S/c1-18(19-5-7-20(8-6-19)30-17-25-16-26-30)28(4)24(31)22-15-21(35(32,33)27(2)3)9-10-23(22)29-11-13-34-14-12-29/h5-10,15-18H,11-14H2,1-4H3. The van der Waals surface area contributed by atoms with Crippen LogP contribution >= 0.6 is 0 Å². The molecule has 1 saturated heterocycles. The molecule has 1 aliphatic heterocycles. The fourth-order valence-electron chi connectivity index (χ4n) is 3.97. The van der Waals surface area contributed by atoms with Crippen LogP contribution in [0.4, 0.5) is 5.69 Å². The van der Waals surface area contributed by atoms with E-state index in [9.17, 15) is 13.2 Å². The third kappa shape index (κ3) is 5.07. The van der Waals surface area contributed by atoms with E-state index in [1.807, 2.05) is 31.2 Å². The molecule has 0 radical (unpaired) electrons. The van der Waals surface area contributed by atoms with Crippen LogP contribution in [0.25, 0.3) is 5.69 Å². The van der Waals surface area contributed by atoms with E-state index < -0.39 is 10.0 Å². The highest BCUT2D eigenvalue weighted by atomic mass is 32.2. The summed E-state index contributed by atoms with van der Waals surface area (Å²) in [6.07, 6.45) is 3.09. The highest BCUT2D eigenvalue weighted by Gasteiger charge is 2.27. The van der Waals surface area contributed by atoms with E-state index in [4.69, 9.17) is 4.74 Å². The van der Waals surface area contributed by atoms with Crippen molar-refractivity contribution in [1.29, 1.82) is 0 Å². The predicted octanol–water partition coefficient (Wildman–Crippen LogP) is 2.19. The lowest BCUT2D eigenvalue weighted by atomic mass is 10.0. The number of nitrogens with zero attached hydrogens (tertiary/aromatic N) is 6. The second kappa shape index (κ2) is 10.1. The van der Waals surface area contributed by atoms with Crippen molar-refractivity contribution < 1.29 is 17.9 Å². The van der Waals surface area contributed by atoms with Crippen molar-refractivity contribution in [3.63, 3.8) is 0 Å². The number of morpholine rings is 1. The molecule has 1 aliphatic rings.